The Bertz CT molecular complexity index is 575. The van der Waals surface area contributed by atoms with Gasteiger partial charge in [0, 0.05) is 6.20 Å². The van der Waals surface area contributed by atoms with Crippen LogP contribution in [0.4, 0.5) is 13.2 Å². The maximum Gasteiger partial charge on any atom is 0.394 e. The normalized spacial score (nSPS) is 34.6. The van der Waals surface area contributed by atoms with Crippen LogP contribution in [0.1, 0.15) is 19.3 Å². The minimum Gasteiger partial charge on any atom is -0.245 e. The van der Waals surface area contributed by atoms with Crippen molar-refractivity contribution < 1.29 is 21.6 Å². The molecule has 0 atom stereocenters. The van der Waals surface area contributed by atoms with Gasteiger partial charge >= 0.3 is 6.18 Å². The number of nitrogens with zero attached hydrogens (tertiary/aromatic N) is 1. The Morgan fingerprint density at radius 2 is 1.78 bits per heavy atom. The molecule has 0 aromatic carbocycles. The summed E-state index contributed by atoms with van der Waals surface area (Å²) < 4.78 is 61.2. The van der Waals surface area contributed by atoms with Crippen molar-refractivity contribution in [2.24, 2.45) is 5.41 Å². The number of hydrogen-bond donors (Lipinski definition) is 0. The summed E-state index contributed by atoms with van der Waals surface area (Å²) in [6.45, 7) is 0. The van der Waals surface area contributed by atoms with Gasteiger partial charge in [0.25, 0.3) is 0 Å². The first-order chi connectivity index (χ1) is 8.23. The van der Waals surface area contributed by atoms with Gasteiger partial charge in [-0.05, 0) is 31.4 Å². The molecule has 2 bridgehead atoms. The smallest absolute Gasteiger partial charge is 0.245 e. The lowest BCUT2D eigenvalue weighted by Gasteiger charge is -2.68. The summed E-state index contributed by atoms with van der Waals surface area (Å²) in [6, 6.07) is 4.42. The molecule has 98 valence electrons. The molecule has 3 fully saturated rings. The van der Waals surface area contributed by atoms with Crippen molar-refractivity contribution in [1.82, 2.24) is 4.98 Å². The van der Waals surface area contributed by atoms with Gasteiger partial charge in [0.05, 0.1) is 10.2 Å². The maximum absolute atomic E-state index is 12.7. The number of sulfone groups is 1. The van der Waals surface area contributed by atoms with Gasteiger partial charge in [-0.15, -0.1) is 0 Å². The van der Waals surface area contributed by atoms with E-state index in [2.05, 4.69) is 4.98 Å². The van der Waals surface area contributed by atoms with Crippen molar-refractivity contribution in [1.29, 1.82) is 0 Å². The molecule has 3 saturated carbocycles. The fourth-order valence-electron chi connectivity index (χ4n) is 3.01. The van der Waals surface area contributed by atoms with Gasteiger partial charge in [0.1, 0.15) is 0 Å². The average molecular weight is 277 g/mol. The van der Waals surface area contributed by atoms with Crippen molar-refractivity contribution in [3.8, 4) is 0 Å². The van der Waals surface area contributed by atoms with Crippen LogP contribution in [0.3, 0.4) is 0 Å². The number of halogens is 3. The van der Waals surface area contributed by atoms with E-state index < -0.39 is 26.2 Å². The molecule has 7 heteroatoms. The first kappa shape index (κ1) is 12.0. The maximum atomic E-state index is 12.7. The number of hydrogen-bond acceptors (Lipinski definition) is 3. The third-order valence-electron chi connectivity index (χ3n) is 4.07. The molecule has 0 saturated heterocycles. The molecule has 4 rings (SSSR count). The van der Waals surface area contributed by atoms with Crippen LogP contribution < -0.4 is 0 Å². The quantitative estimate of drug-likeness (QED) is 0.833. The Kier molecular flexibility index (Phi) is 2.04. The number of alkyl halides is 3. The second-order valence-corrected chi connectivity index (χ2v) is 7.45. The summed E-state index contributed by atoms with van der Waals surface area (Å²) in [5.41, 5.74) is -1.76. The van der Waals surface area contributed by atoms with Crippen LogP contribution in [0.5, 0.6) is 0 Å². The molecule has 0 N–H and O–H groups in total. The van der Waals surface area contributed by atoms with Crippen LogP contribution in [0, 0.1) is 5.41 Å². The Morgan fingerprint density at radius 3 is 2.22 bits per heavy atom. The lowest BCUT2D eigenvalue weighted by atomic mass is 9.43. The van der Waals surface area contributed by atoms with Crippen molar-refractivity contribution >= 4 is 9.84 Å². The molecule has 1 heterocycles. The summed E-state index contributed by atoms with van der Waals surface area (Å²) in [4.78, 5) is 3.74. The lowest BCUT2D eigenvalue weighted by molar-refractivity contribution is -0.314. The van der Waals surface area contributed by atoms with E-state index in [1.54, 1.807) is 6.07 Å². The van der Waals surface area contributed by atoms with E-state index in [0.717, 1.165) is 0 Å². The molecule has 1 aromatic heterocycles. The summed E-state index contributed by atoms with van der Waals surface area (Å²) in [5, 5.41) is -0.125. The van der Waals surface area contributed by atoms with E-state index in [-0.39, 0.29) is 24.3 Å². The van der Waals surface area contributed by atoms with Crippen LogP contribution >= 0.6 is 0 Å². The average Bonchev–Trinajstić information content (AvgIpc) is 2.11. The van der Waals surface area contributed by atoms with E-state index in [1.165, 1.54) is 18.3 Å². The minimum atomic E-state index is -4.30. The van der Waals surface area contributed by atoms with E-state index in [9.17, 15) is 21.6 Å². The van der Waals surface area contributed by atoms with Crippen LogP contribution in [0.2, 0.25) is 0 Å². The SMILES string of the molecule is O=S(=O)(c1ccccn1)C12CC(C(F)(F)F)(C1)C2. The fraction of sp³-hybridized carbons (Fsp3) is 0.545. The Hall–Kier alpha value is -1.11. The molecule has 0 aliphatic heterocycles. The molecular formula is C11H10F3NO2S. The van der Waals surface area contributed by atoms with Gasteiger partial charge in [0.2, 0.25) is 9.84 Å². The second-order valence-electron chi connectivity index (χ2n) is 5.16. The van der Waals surface area contributed by atoms with E-state index in [1.807, 2.05) is 0 Å². The zero-order valence-corrected chi connectivity index (χ0v) is 10.1. The van der Waals surface area contributed by atoms with Crippen LogP contribution in [-0.2, 0) is 9.84 Å². The Balaban J connectivity index is 1.89. The van der Waals surface area contributed by atoms with Crippen molar-refractivity contribution in [2.45, 2.75) is 35.2 Å². The van der Waals surface area contributed by atoms with E-state index in [4.69, 9.17) is 0 Å². The van der Waals surface area contributed by atoms with Crippen molar-refractivity contribution in [3.05, 3.63) is 24.4 Å². The molecule has 0 unspecified atom stereocenters. The highest BCUT2D eigenvalue weighted by molar-refractivity contribution is 7.93. The highest BCUT2D eigenvalue weighted by Crippen LogP contribution is 2.76. The molecule has 3 nitrogen and oxygen atoms in total. The Morgan fingerprint density at radius 1 is 1.17 bits per heavy atom. The molecule has 0 spiro atoms. The highest BCUT2D eigenvalue weighted by atomic mass is 32.2. The lowest BCUT2D eigenvalue weighted by Crippen LogP contribution is -2.75. The molecule has 3 aliphatic rings. The first-order valence-corrected chi connectivity index (χ1v) is 6.93. The van der Waals surface area contributed by atoms with Gasteiger partial charge < -0.3 is 0 Å². The molecule has 1 aromatic rings. The fourth-order valence-corrected chi connectivity index (χ4v) is 5.31. The van der Waals surface area contributed by atoms with Crippen molar-refractivity contribution in [3.63, 3.8) is 0 Å². The third kappa shape index (κ3) is 1.20. The second kappa shape index (κ2) is 3.07. The summed E-state index contributed by atoms with van der Waals surface area (Å²) in [6.07, 6.45) is -3.92. The topological polar surface area (TPSA) is 47.0 Å². The standard InChI is InChI=1S/C11H10F3NO2S/c12-11(13,14)9-5-10(6-9,7-9)18(16,17)8-3-1-2-4-15-8/h1-4H,5-7H2. The van der Waals surface area contributed by atoms with Gasteiger partial charge in [-0.25, -0.2) is 13.4 Å². The van der Waals surface area contributed by atoms with Crippen LogP contribution in [0.25, 0.3) is 0 Å². The number of pyridine rings is 1. The summed E-state index contributed by atoms with van der Waals surface area (Å²) in [5.74, 6) is 0. The molecule has 0 radical (unpaired) electrons. The first-order valence-electron chi connectivity index (χ1n) is 5.45. The predicted molar refractivity (Wildman–Crippen MR) is 56.5 cm³/mol. The van der Waals surface area contributed by atoms with E-state index in [0.29, 0.717) is 0 Å². The monoisotopic (exact) mass is 277 g/mol. The molecule has 0 amide bonds. The zero-order chi connectivity index (χ0) is 13.2. The Labute approximate surface area is 102 Å². The summed E-state index contributed by atoms with van der Waals surface area (Å²) in [7, 11) is -3.75. The zero-order valence-electron chi connectivity index (χ0n) is 9.24. The third-order valence-corrected chi connectivity index (χ3v) is 6.43. The van der Waals surface area contributed by atoms with Gasteiger partial charge in [0.15, 0.2) is 5.03 Å². The van der Waals surface area contributed by atoms with Gasteiger partial charge in [-0.2, -0.15) is 13.2 Å². The van der Waals surface area contributed by atoms with Crippen LogP contribution in [0.15, 0.2) is 29.4 Å². The largest absolute Gasteiger partial charge is 0.394 e. The predicted octanol–water partition coefficient (Wildman–Crippen LogP) is 2.34. The highest BCUT2D eigenvalue weighted by Gasteiger charge is 2.83. The summed E-state index contributed by atoms with van der Waals surface area (Å²) >= 11 is 0. The van der Waals surface area contributed by atoms with Gasteiger partial charge in [-0.3, -0.25) is 0 Å². The van der Waals surface area contributed by atoms with E-state index >= 15 is 0 Å². The minimum absolute atomic E-state index is 0.125. The van der Waals surface area contributed by atoms with Crippen LogP contribution in [-0.4, -0.2) is 24.3 Å². The number of aromatic nitrogens is 1. The van der Waals surface area contributed by atoms with Gasteiger partial charge in [-0.1, -0.05) is 6.07 Å². The molecular weight excluding hydrogens is 267 g/mol. The molecule has 18 heavy (non-hydrogen) atoms. The number of rotatable bonds is 2. The van der Waals surface area contributed by atoms with Crippen molar-refractivity contribution in [2.75, 3.05) is 0 Å². The molecule has 3 aliphatic carbocycles.